The number of nitrogens with one attached hydrogen (secondary N) is 1. The number of rotatable bonds is 6. The van der Waals surface area contributed by atoms with Gasteiger partial charge in [-0.3, -0.25) is 4.90 Å². The van der Waals surface area contributed by atoms with Gasteiger partial charge in [0.25, 0.3) is 0 Å². The van der Waals surface area contributed by atoms with Gasteiger partial charge in [0, 0.05) is 19.1 Å². The van der Waals surface area contributed by atoms with E-state index in [0.29, 0.717) is 18.5 Å². The summed E-state index contributed by atoms with van der Waals surface area (Å²) in [5, 5.41) is 0. The van der Waals surface area contributed by atoms with Crippen LogP contribution in [-0.2, 0) is 10.0 Å². The number of benzene rings is 1. The van der Waals surface area contributed by atoms with Gasteiger partial charge < -0.3 is 0 Å². The molecule has 118 valence electrons. The van der Waals surface area contributed by atoms with Gasteiger partial charge in [-0.15, -0.1) is 0 Å². The van der Waals surface area contributed by atoms with E-state index in [-0.39, 0.29) is 0 Å². The van der Waals surface area contributed by atoms with E-state index in [9.17, 15) is 8.42 Å². The number of hydrogen-bond acceptors (Lipinski definition) is 3. The summed E-state index contributed by atoms with van der Waals surface area (Å²) in [7, 11) is -3.09. The first-order chi connectivity index (χ1) is 9.99. The van der Waals surface area contributed by atoms with E-state index in [1.54, 1.807) is 0 Å². The summed E-state index contributed by atoms with van der Waals surface area (Å²) in [5.74, 6) is 0.409. The molecule has 1 aromatic rings. The number of nitrogens with zero attached hydrogens (tertiary/aromatic N) is 1. The average molecular weight is 310 g/mol. The summed E-state index contributed by atoms with van der Waals surface area (Å²) in [6, 6.07) is 11.0. The van der Waals surface area contributed by atoms with Gasteiger partial charge in [-0.05, 0) is 37.3 Å². The molecule has 0 aromatic heterocycles. The molecular formula is C16H26N2O2S. The van der Waals surface area contributed by atoms with Crippen LogP contribution in [-0.4, -0.2) is 39.2 Å². The van der Waals surface area contributed by atoms with E-state index in [2.05, 4.69) is 40.8 Å². The molecule has 0 bridgehead atoms. The third kappa shape index (κ3) is 5.09. The molecule has 0 aliphatic carbocycles. The zero-order valence-corrected chi connectivity index (χ0v) is 13.8. The third-order valence-electron chi connectivity index (χ3n) is 4.20. The highest BCUT2D eigenvalue weighted by Gasteiger charge is 2.26. The van der Waals surface area contributed by atoms with Crippen LogP contribution in [0.4, 0.5) is 0 Å². The molecule has 1 heterocycles. The van der Waals surface area contributed by atoms with E-state index in [4.69, 9.17) is 0 Å². The van der Waals surface area contributed by atoms with Gasteiger partial charge in [-0.25, -0.2) is 13.1 Å². The first kappa shape index (κ1) is 16.5. The highest BCUT2D eigenvalue weighted by atomic mass is 32.2. The van der Waals surface area contributed by atoms with Gasteiger partial charge in [-0.2, -0.15) is 0 Å². The molecule has 1 aliphatic rings. The Morgan fingerprint density at radius 1 is 1.33 bits per heavy atom. The smallest absolute Gasteiger partial charge is 0.208 e. The van der Waals surface area contributed by atoms with Crippen molar-refractivity contribution in [1.82, 2.24) is 9.62 Å². The fraction of sp³-hybridized carbons (Fsp3) is 0.625. The van der Waals surface area contributed by atoms with Crippen molar-refractivity contribution in [2.75, 3.05) is 25.9 Å². The maximum absolute atomic E-state index is 11.2. The molecule has 5 heteroatoms. The van der Waals surface area contributed by atoms with Gasteiger partial charge in [0.05, 0.1) is 6.26 Å². The molecule has 0 radical (unpaired) electrons. The van der Waals surface area contributed by atoms with Crippen LogP contribution in [0, 0.1) is 5.92 Å². The van der Waals surface area contributed by atoms with Crippen LogP contribution in [0.1, 0.15) is 37.8 Å². The fourth-order valence-electron chi connectivity index (χ4n) is 3.20. The van der Waals surface area contributed by atoms with Crippen LogP contribution in [0.5, 0.6) is 0 Å². The molecule has 1 aliphatic heterocycles. The standard InChI is InChI=1S/C16H26N2O2S/c1-3-16(15-9-5-4-6-10-15)18-11-7-8-14(13-18)12-17-21(2,19)20/h4-6,9-10,14,16-17H,3,7-8,11-13H2,1-2H3. The van der Waals surface area contributed by atoms with Gasteiger partial charge >= 0.3 is 0 Å². The second-order valence-electron chi connectivity index (χ2n) is 5.96. The molecule has 0 saturated carbocycles. The summed E-state index contributed by atoms with van der Waals surface area (Å²) in [4.78, 5) is 2.51. The van der Waals surface area contributed by atoms with E-state index in [0.717, 1.165) is 32.4 Å². The lowest BCUT2D eigenvalue weighted by Gasteiger charge is -2.38. The van der Waals surface area contributed by atoms with Crippen LogP contribution in [0.3, 0.4) is 0 Å². The molecule has 21 heavy (non-hydrogen) atoms. The van der Waals surface area contributed by atoms with Gasteiger partial charge in [0.1, 0.15) is 0 Å². The Morgan fingerprint density at radius 2 is 2.05 bits per heavy atom. The Labute approximate surface area is 128 Å². The summed E-state index contributed by atoms with van der Waals surface area (Å²) in [6.07, 6.45) is 4.55. The molecule has 0 amide bonds. The Kier molecular flexibility index (Phi) is 5.79. The molecule has 2 rings (SSSR count). The van der Waals surface area contributed by atoms with Gasteiger partial charge in [0.15, 0.2) is 0 Å². The maximum Gasteiger partial charge on any atom is 0.208 e. The van der Waals surface area contributed by atoms with Crippen LogP contribution in [0.25, 0.3) is 0 Å². The summed E-state index contributed by atoms with van der Waals surface area (Å²) >= 11 is 0. The van der Waals surface area contributed by atoms with Crippen molar-refractivity contribution >= 4 is 10.0 Å². The minimum absolute atomic E-state index is 0.409. The summed E-state index contributed by atoms with van der Waals surface area (Å²) < 4.78 is 25.1. The van der Waals surface area contributed by atoms with Gasteiger partial charge in [0.2, 0.25) is 10.0 Å². The minimum atomic E-state index is -3.09. The topological polar surface area (TPSA) is 49.4 Å². The number of likely N-dealkylation sites (tertiary alicyclic amines) is 1. The molecule has 1 N–H and O–H groups in total. The zero-order chi connectivity index (χ0) is 15.3. The third-order valence-corrected chi connectivity index (χ3v) is 4.89. The molecule has 4 nitrogen and oxygen atoms in total. The zero-order valence-electron chi connectivity index (χ0n) is 13.0. The Morgan fingerprint density at radius 3 is 2.67 bits per heavy atom. The van der Waals surface area contributed by atoms with Crippen molar-refractivity contribution in [2.24, 2.45) is 5.92 Å². The van der Waals surface area contributed by atoms with Crippen LogP contribution in [0.2, 0.25) is 0 Å². The van der Waals surface area contributed by atoms with Crippen LogP contribution >= 0.6 is 0 Å². The first-order valence-electron chi connectivity index (χ1n) is 7.73. The molecule has 1 saturated heterocycles. The fourth-order valence-corrected chi connectivity index (χ4v) is 3.73. The Balaban J connectivity index is 1.99. The lowest BCUT2D eigenvalue weighted by atomic mass is 9.94. The Hall–Kier alpha value is -0.910. The number of sulfonamides is 1. The largest absolute Gasteiger partial charge is 0.296 e. The lowest BCUT2D eigenvalue weighted by molar-refractivity contribution is 0.121. The molecular weight excluding hydrogens is 284 g/mol. The highest BCUT2D eigenvalue weighted by Crippen LogP contribution is 2.29. The van der Waals surface area contributed by atoms with Crippen molar-refractivity contribution in [2.45, 2.75) is 32.2 Å². The Bertz CT molecular complexity index is 530. The quantitative estimate of drug-likeness (QED) is 0.878. The van der Waals surface area contributed by atoms with Crippen LogP contribution in [0.15, 0.2) is 30.3 Å². The van der Waals surface area contributed by atoms with Crippen molar-refractivity contribution in [1.29, 1.82) is 0 Å². The molecule has 1 aromatic carbocycles. The SMILES string of the molecule is CCC(c1ccccc1)N1CCCC(CNS(C)(=O)=O)C1. The van der Waals surface area contributed by atoms with Gasteiger partial charge in [-0.1, -0.05) is 37.3 Å². The molecule has 2 unspecified atom stereocenters. The van der Waals surface area contributed by atoms with E-state index >= 15 is 0 Å². The van der Waals surface area contributed by atoms with Crippen molar-refractivity contribution < 1.29 is 8.42 Å². The normalized spacial score (nSPS) is 22.1. The summed E-state index contributed by atoms with van der Waals surface area (Å²) in [5.41, 5.74) is 1.36. The monoisotopic (exact) mass is 310 g/mol. The second kappa shape index (κ2) is 7.38. The lowest BCUT2D eigenvalue weighted by Crippen LogP contribution is -2.42. The van der Waals surface area contributed by atoms with Crippen molar-refractivity contribution in [3.63, 3.8) is 0 Å². The van der Waals surface area contributed by atoms with Crippen LogP contribution < -0.4 is 4.72 Å². The second-order valence-corrected chi connectivity index (χ2v) is 7.79. The molecule has 0 spiro atoms. The van der Waals surface area contributed by atoms with E-state index in [1.165, 1.54) is 11.8 Å². The average Bonchev–Trinajstić information content (AvgIpc) is 2.47. The molecule has 2 atom stereocenters. The van der Waals surface area contributed by atoms with Crippen molar-refractivity contribution in [3.05, 3.63) is 35.9 Å². The minimum Gasteiger partial charge on any atom is -0.296 e. The number of piperidine rings is 1. The molecule has 1 fully saturated rings. The maximum atomic E-state index is 11.2. The number of hydrogen-bond donors (Lipinski definition) is 1. The van der Waals surface area contributed by atoms with E-state index in [1.807, 2.05) is 6.07 Å². The predicted octanol–water partition coefficient (Wildman–Crippen LogP) is 2.40. The predicted molar refractivity (Wildman–Crippen MR) is 86.6 cm³/mol. The highest BCUT2D eigenvalue weighted by molar-refractivity contribution is 7.88. The van der Waals surface area contributed by atoms with E-state index < -0.39 is 10.0 Å². The summed E-state index contributed by atoms with van der Waals surface area (Å²) in [6.45, 7) is 4.84. The van der Waals surface area contributed by atoms with Crippen molar-refractivity contribution in [3.8, 4) is 0 Å². The first-order valence-corrected chi connectivity index (χ1v) is 9.62.